The molecule has 3 rings (SSSR count). The Hall–Kier alpha value is -3.81. The van der Waals surface area contributed by atoms with Crippen molar-refractivity contribution < 1.29 is 14.8 Å². The van der Waals surface area contributed by atoms with Crippen molar-refractivity contribution in [1.29, 1.82) is 0 Å². The third-order valence-corrected chi connectivity index (χ3v) is 3.62. The number of para-hydroxylation sites is 1. The third-order valence-electron chi connectivity index (χ3n) is 3.62. The summed E-state index contributed by atoms with van der Waals surface area (Å²) < 4.78 is 0. The topological polar surface area (TPSA) is 118 Å². The van der Waals surface area contributed by atoms with Gasteiger partial charge in [0.1, 0.15) is 11.3 Å². The number of hydrogen-bond donors (Lipinski definition) is 2. The highest BCUT2D eigenvalue weighted by atomic mass is 16.6. The van der Waals surface area contributed by atoms with Crippen molar-refractivity contribution in [3.63, 3.8) is 0 Å². The number of aromatic hydroxyl groups is 1. The van der Waals surface area contributed by atoms with Gasteiger partial charge >= 0.3 is 0 Å². The largest absolute Gasteiger partial charge is 0.506 e. The van der Waals surface area contributed by atoms with E-state index in [1.165, 1.54) is 30.5 Å². The van der Waals surface area contributed by atoms with E-state index in [9.17, 15) is 20.0 Å². The van der Waals surface area contributed by atoms with E-state index in [0.29, 0.717) is 16.8 Å². The van der Waals surface area contributed by atoms with Crippen molar-refractivity contribution in [2.45, 2.75) is 6.42 Å². The fourth-order valence-corrected chi connectivity index (χ4v) is 2.35. The van der Waals surface area contributed by atoms with Crippen molar-refractivity contribution >= 4 is 28.7 Å². The number of nitro benzene ring substituents is 1. The monoisotopic (exact) mass is 350 g/mol. The van der Waals surface area contributed by atoms with Crippen LogP contribution in [-0.4, -0.2) is 27.1 Å². The number of nitro groups is 1. The van der Waals surface area contributed by atoms with Gasteiger partial charge in [0.05, 0.1) is 23.3 Å². The first-order valence-electron chi connectivity index (χ1n) is 7.67. The lowest BCUT2D eigenvalue weighted by atomic mass is 10.1. The molecule has 2 aromatic carbocycles. The first-order valence-corrected chi connectivity index (χ1v) is 7.67. The smallest absolute Gasteiger partial charge is 0.269 e. The van der Waals surface area contributed by atoms with E-state index in [1.807, 2.05) is 6.07 Å². The lowest BCUT2D eigenvalue weighted by Crippen LogP contribution is -2.19. The Morgan fingerprint density at radius 3 is 2.69 bits per heavy atom. The Morgan fingerprint density at radius 2 is 1.96 bits per heavy atom. The van der Waals surface area contributed by atoms with E-state index in [0.717, 1.165) is 5.39 Å². The van der Waals surface area contributed by atoms with Crippen LogP contribution in [0.2, 0.25) is 0 Å². The zero-order chi connectivity index (χ0) is 18.5. The zero-order valence-electron chi connectivity index (χ0n) is 13.5. The molecule has 0 fully saturated rings. The van der Waals surface area contributed by atoms with Gasteiger partial charge in [-0.2, -0.15) is 5.10 Å². The summed E-state index contributed by atoms with van der Waals surface area (Å²) in [5.41, 5.74) is 3.91. The number of benzene rings is 2. The predicted molar refractivity (Wildman–Crippen MR) is 95.9 cm³/mol. The first-order chi connectivity index (χ1) is 12.5. The summed E-state index contributed by atoms with van der Waals surface area (Å²) in [6.45, 7) is 0. The first kappa shape index (κ1) is 17.0. The van der Waals surface area contributed by atoms with Gasteiger partial charge in [-0.1, -0.05) is 30.3 Å². The average molecular weight is 350 g/mol. The Kier molecular flexibility index (Phi) is 4.84. The molecule has 1 heterocycles. The van der Waals surface area contributed by atoms with Crippen LogP contribution in [0.25, 0.3) is 10.9 Å². The maximum absolute atomic E-state index is 11.9. The Bertz CT molecular complexity index is 1000. The molecule has 130 valence electrons. The fourth-order valence-electron chi connectivity index (χ4n) is 2.35. The van der Waals surface area contributed by atoms with Gasteiger partial charge in [0, 0.05) is 17.5 Å². The van der Waals surface area contributed by atoms with E-state index in [1.54, 1.807) is 24.3 Å². The highest BCUT2D eigenvalue weighted by Crippen LogP contribution is 2.21. The number of nitrogens with one attached hydrogen (secondary N) is 1. The van der Waals surface area contributed by atoms with Gasteiger partial charge < -0.3 is 5.11 Å². The van der Waals surface area contributed by atoms with E-state index in [4.69, 9.17) is 0 Å². The third kappa shape index (κ3) is 3.99. The summed E-state index contributed by atoms with van der Waals surface area (Å²) in [6, 6.07) is 14.3. The molecule has 0 saturated heterocycles. The molecule has 0 unspecified atom stereocenters. The maximum atomic E-state index is 11.9. The second-order valence-corrected chi connectivity index (χ2v) is 5.48. The highest BCUT2D eigenvalue weighted by Gasteiger charge is 2.07. The SMILES string of the molecule is O=C(Cc1ccc([N+](=O)[O-])cc1)NN=Cc1ccc2cccc(O)c2n1. The predicted octanol–water partition coefficient (Wildman–Crippen LogP) is 2.54. The van der Waals surface area contributed by atoms with Gasteiger partial charge in [-0.05, 0) is 17.7 Å². The van der Waals surface area contributed by atoms with Gasteiger partial charge in [-0.15, -0.1) is 0 Å². The maximum Gasteiger partial charge on any atom is 0.269 e. The Labute approximate surface area is 148 Å². The second kappa shape index (κ2) is 7.39. The highest BCUT2D eigenvalue weighted by molar-refractivity contribution is 5.89. The van der Waals surface area contributed by atoms with Crippen LogP contribution in [0.15, 0.2) is 59.7 Å². The van der Waals surface area contributed by atoms with Crippen LogP contribution in [0, 0.1) is 10.1 Å². The molecule has 2 N–H and O–H groups in total. The summed E-state index contributed by atoms with van der Waals surface area (Å²) in [7, 11) is 0. The molecule has 0 aliphatic rings. The standard InChI is InChI=1S/C18H14N4O4/c23-16-3-1-2-13-6-7-14(20-18(13)16)11-19-21-17(24)10-12-4-8-15(9-5-12)22(25)26/h1-9,11,23H,10H2,(H,21,24). The molecule has 0 aliphatic carbocycles. The molecule has 3 aromatic rings. The van der Waals surface area contributed by atoms with Crippen LogP contribution < -0.4 is 5.43 Å². The molecule has 1 aromatic heterocycles. The van der Waals surface area contributed by atoms with Gasteiger partial charge in [-0.25, -0.2) is 10.4 Å². The summed E-state index contributed by atoms with van der Waals surface area (Å²) >= 11 is 0. The zero-order valence-corrected chi connectivity index (χ0v) is 13.5. The van der Waals surface area contributed by atoms with Gasteiger partial charge in [0.15, 0.2) is 0 Å². The number of nitrogens with zero attached hydrogens (tertiary/aromatic N) is 3. The van der Waals surface area contributed by atoms with Crippen LogP contribution in [0.3, 0.4) is 0 Å². The summed E-state index contributed by atoms with van der Waals surface area (Å²) in [4.78, 5) is 26.2. The van der Waals surface area contributed by atoms with Crippen molar-refractivity contribution in [3.05, 3.63) is 76.0 Å². The number of pyridine rings is 1. The molecule has 0 bridgehead atoms. The number of phenolic OH excluding ortho intramolecular Hbond substituents is 1. The minimum atomic E-state index is -0.498. The molecule has 0 radical (unpaired) electrons. The molecule has 8 heteroatoms. The van der Waals surface area contributed by atoms with Crippen molar-refractivity contribution in [2.24, 2.45) is 5.10 Å². The summed E-state index contributed by atoms with van der Waals surface area (Å²) in [5.74, 6) is -0.293. The number of fused-ring (bicyclic) bond motifs is 1. The van der Waals surface area contributed by atoms with E-state index < -0.39 is 4.92 Å². The number of non-ortho nitro benzene ring substituents is 1. The van der Waals surface area contributed by atoms with Gasteiger partial charge in [0.25, 0.3) is 5.69 Å². The van der Waals surface area contributed by atoms with Gasteiger partial charge in [-0.3, -0.25) is 14.9 Å². The molecule has 8 nitrogen and oxygen atoms in total. The molecule has 1 amide bonds. The minimum Gasteiger partial charge on any atom is -0.506 e. The number of carbonyl (C=O) groups is 1. The molecule has 0 atom stereocenters. The minimum absolute atomic E-state index is 0.0298. The molecule has 0 aliphatic heterocycles. The number of carbonyl (C=O) groups excluding carboxylic acids is 1. The van der Waals surface area contributed by atoms with Crippen molar-refractivity contribution in [1.82, 2.24) is 10.4 Å². The van der Waals surface area contributed by atoms with Crippen molar-refractivity contribution in [3.8, 4) is 5.75 Å². The normalized spacial score (nSPS) is 10.9. The summed E-state index contributed by atoms with van der Waals surface area (Å²) in [5, 5.41) is 25.0. The van der Waals surface area contributed by atoms with Crippen LogP contribution in [0.5, 0.6) is 5.75 Å². The number of rotatable bonds is 5. The number of hydrogen-bond acceptors (Lipinski definition) is 6. The lowest BCUT2D eigenvalue weighted by molar-refractivity contribution is -0.384. The summed E-state index contributed by atoms with van der Waals surface area (Å²) in [6.07, 6.45) is 1.42. The number of hydrazone groups is 1. The van der Waals surface area contributed by atoms with Crippen LogP contribution >= 0.6 is 0 Å². The Morgan fingerprint density at radius 1 is 1.19 bits per heavy atom. The molecular weight excluding hydrogens is 336 g/mol. The second-order valence-electron chi connectivity index (χ2n) is 5.48. The van der Waals surface area contributed by atoms with Crippen LogP contribution in [-0.2, 0) is 11.2 Å². The van der Waals surface area contributed by atoms with Gasteiger partial charge in [0.2, 0.25) is 5.91 Å². The van der Waals surface area contributed by atoms with E-state index >= 15 is 0 Å². The fraction of sp³-hybridized carbons (Fsp3) is 0.0556. The quantitative estimate of drug-likeness (QED) is 0.416. The lowest BCUT2D eigenvalue weighted by Gasteiger charge is -2.02. The van der Waals surface area contributed by atoms with Crippen LogP contribution in [0.1, 0.15) is 11.3 Å². The Balaban J connectivity index is 1.62. The molecule has 0 spiro atoms. The number of aromatic nitrogens is 1. The van der Waals surface area contributed by atoms with E-state index in [2.05, 4.69) is 15.5 Å². The molecule has 0 saturated carbocycles. The molecule has 26 heavy (non-hydrogen) atoms. The van der Waals surface area contributed by atoms with Crippen LogP contribution in [0.4, 0.5) is 5.69 Å². The number of phenols is 1. The molecular formula is C18H14N4O4. The van der Waals surface area contributed by atoms with Crippen molar-refractivity contribution in [2.75, 3.05) is 0 Å². The van der Waals surface area contributed by atoms with E-state index in [-0.39, 0.29) is 23.8 Å². The number of amides is 1. The average Bonchev–Trinajstić information content (AvgIpc) is 2.63.